The molecular weight excluding hydrogens is 273 g/mol. The minimum atomic E-state index is -4.43. The van der Waals surface area contributed by atoms with Gasteiger partial charge in [-0.05, 0) is 32.0 Å². The Kier molecular flexibility index (Phi) is 3.28. The molecule has 0 aliphatic carbocycles. The number of carboxylic acids is 1. The summed E-state index contributed by atoms with van der Waals surface area (Å²) in [5.74, 6) is -0.638. The molecule has 0 bridgehead atoms. The van der Waals surface area contributed by atoms with E-state index in [-0.39, 0.29) is 12.0 Å². The molecule has 0 radical (unpaired) electrons. The van der Waals surface area contributed by atoms with E-state index in [0.717, 1.165) is 12.1 Å². The number of furan rings is 1. The van der Waals surface area contributed by atoms with Crippen molar-refractivity contribution < 1.29 is 27.5 Å². The van der Waals surface area contributed by atoms with Gasteiger partial charge in [-0.3, -0.25) is 4.79 Å². The second-order valence-electron chi connectivity index (χ2n) is 5.33. The average molecular weight is 286 g/mol. The minimum absolute atomic E-state index is 0.107. The highest BCUT2D eigenvalue weighted by Gasteiger charge is 2.32. The number of alkyl halides is 3. The summed E-state index contributed by atoms with van der Waals surface area (Å²) >= 11 is 0. The van der Waals surface area contributed by atoms with E-state index in [9.17, 15) is 18.0 Å². The lowest BCUT2D eigenvalue weighted by molar-refractivity contribution is -0.147. The predicted molar refractivity (Wildman–Crippen MR) is 66.3 cm³/mol. The number of hydrogen-bond acceptors (Lipinski definition) is 2. The summed E-state index contributed by atoms with van der Waals surface area (Å²) < 4.78 is 43.1. The molecule has 1 aromatic heterocycles. The molecule has 108 valence electrons. The molecule has 0 saturated carbocycles. The lowest BCUT2D eigenvalue weighted by Crippen LogP contribution is -2.25. The molecule has 20 heavy (non-hydrogen) atoms. The second-order valence-corrected chi connectivity index (χ2v) is 5.33. The molecule has 3 nitrogen and oxygen atoms in total. The Morgan fingerprint density at radius 1 is 1.25 bits per heavy atom. The largest absolute Gasteiger partial charge is 0.481 e. The molecule has 2 rings (SSSR count). The number of hydrogen-bond donors (Lipinski definition) is 1. The fourth-order valence-corrected chi connectivity index (χ4v) is 1.86. The van der Waals surface area contributed by atoms with E-state index < -0.39 is 23.1 Å². The SMILES string of the molecule is CC(C)(Cc1cc2ccc(C(F)(F)F)cc2o1)C(=O)O. The first-order chi connectivity index (χ1) is 9.09. The Labute approximate surface area is 113 Å². The summed E-state index contributed by atoms with van der Waals surface area (Å²) in [6.45, 7) is 3.06. The van der Waals surface area contributed by atoms with Crippen LogP contribution in [0.2, 0.25) is 0 Å². The predicted octanol–water partition coefficient (Wildman–Crippen LogP) is 4.10. The van der Waals surface area contributed by atoms with Crippen LogP contribution in [0.4, 0.5) is 13.2 Å². The maximum atomic E-state index is 12.6. The van der Waals surface area contributed by atoms with E-state index in [2.05, 4.69) is 0 Å². The Balaban J connectivity index is 2.37. The topological polar surface area (TPSA) is 50.4 Å². The van der Waals surface area contributed by atoms with E-state index in [0.29, 0.717) is 11.1 Å². The molecule has 0 aliphatic rings. The normalized spacial score (nSPS) is 12.8. The summed E-state index contributed by atoms with van der Waals surface area (Å²) in [6.07, 6.45) is -4.32. The van der Waals surface area contributed by atoms with E-state index in [1.807, 2.05) is 0 Å². The van der Waals surface area contributed by atoms with Gasteiger partial charge in [0, 0.05) is 11.8 Å². The lowest BCUT2D eigenvalue weighted by atomic mass is 9.88. The fourth-order valence-electron chi connectivity index (χ4n) is 1.86. The fraction of sp³-hybridized carbons (Fsp3) is 0.357. The number of carbonyl (C=O) groups is 1. The van der Waals surface area contributed by atoms with Crippen molar-refractivity contribution in [2.45, 2.75) is 26.4 Å². The smallest absolute Gasteiger partial charge is 0.416 e. The second kappa shape index (κ2) is 4.54. The average Bonchev–Trinajstić information content (AvgIpc) is 2.67. The van der Waals surface area contributed by atoms with Gasteiger partial charge in [0.25, 0.3) is 0 Å². The van der Waals surface area contributed by atoms with Gasteiger partial charge in [-0.1, -0.05) is 6.07 Å². The van der Waals surface area contributed by atoms with Crippen LogP contribution in [0.5, 0.6) is 0 Å². The Bertz CT molecular complexity index is 653. The van der Waals surface area contributed by atoms with Crippen molar-refractivity contribution >= 4 is 16.9 Å². The third kappa shape index (κ3) is 2.79. The summed E-state index contributed by atoms with van der Waals surface area (Å²) in [5.41, 5.74) is -1.72. The molecule has 0 spiro atoms. The van der Waals surface area contributed by atoms with Gasteiger partial charge in [-0.15, -0.1) is 0 Å². The van der Waals surface area contributed by atoms with Crippen LogP contribution in [0.3, 0.4) is 0 Å². The maximum absolute atomic E-state index is 12.6. The Hall–Kier alpha value is -1.98. The van der Waals surface area contributed by atoms with Crippen molar-refractivity contribution in [2.75, 3.05) is 0 Å². The highest BCUT2D eigenvalue weighted by atomic mass is 19.4. The zero-order chi connectivity index (χ0) is 15.1. The zero-order valence-corrected chi connectivity index (χ0v) is 10.9. The summed E-state index contributed by atoms with van der Waals surface area (Å²) in [6, 6.07) is 4.79. The molecule has 1 N–H and O–H groups in total. The number of fused-ring (bicyclic) bond motifs is 1. The van der Waals surface area contributed by atoms with Crippen molar-refractivity contribution in [2.24, 2.45) is 5.41 Å². The summed E-state index contributed by atoms with van der Waals surface area (Å²) in [4.78, 5) is 11.0. The van der Waals surface area contributed by atoms with Gasteiger partial charge < -0.3 is 9.52 Å². The van der Waals surface area contributed by atoms with E-state index in [1.165, 1.54) is 19.9 Å². The van der Waals surface area contributed by atoms with Gasteiger partial charge in [-0.2, -0.15) is 13.2 Å². The first-order valence-electron chi connectivity index (χ1n) is 5.93. The molecule has 0 amide bonds. The van der Waals surface area contributed by atoms with E-state index >= 15 is 0 Å². The number of halogens is 3. The van der Waals surface area contributed by atoms with Crippen LogP contribution in [0, 0.1) is 5.41 Å². The number of benzene rings is 1. The molecule has 0 fully saturated rings. The van der Waals surface area contributed by atoms with Gasteiger partial charge in [0.2, 0.25) is 0 Å². The van der Waals surface area contributed by atoms with Crippen molar-refractivity contribution in [3.05, 3.63) is 35.6 Å². The Morgan fingerprint density at radius 2 is 1.90 bits per heavy atom. The van der Waals surface area contributed by atoms with Crippen molar-refractivity contribution in [1.29, 1.82) is 0 Å². The van der Waals surface area contributed by atoms with Crippen LogP contribution in [0.15, 0.2) is 28.7 Å². The zero-order valence-electron chi connectivity index (χ0n) is 10.9. The van der Waals surface area contributed by atoms with Crippen molar-refractivity contribution in [3.8, 4) is 0 Å². The van der Waals surface area contributed by atoms with Crippen LogP contribution in [-0.2, 0) is 17.4 Å². The molecule has 0 saturated heterocycles. The highest BCUT2D eigenvalue weighted by molar-refractivity contribution is 5.79. The van der Waals surface area contributed by atoms with Gasteiger partial charge in [0.05, 0.1) is 11.0 Å². The quantitative estimate of drug-likeness (QED) is 0.924. The monoisotopic (exact) mass is 286 g/mol. The van der Waals surface area contributed by atoms with Gasteiger partial charge in [0.1, 0.15) is 11.3 Å². The van der Waals surface area contributed by atoms with Crippen LogP contribution < -0.4 is 0 Å². The van der Waals surface area contributed by atoms with Gasteiger partial charge in [-0.25, -0.2) is 0 Å². The summed E-state index contributed by atoms with van der Waals surface area (Å²) in [7, 11) is 0. The van der Waals surface area contributed by atoms with Crippen molar-refractivity contribution in [1.82, 2.24) is 0 Å². The molecular formula is C14H13F3O3. The first kappa shape index (κ1) is 14.4. The molecule has 6 heteroatoms. The van der Waals surface area contributed by atoms with E-state index in [4.69, 9.17) is 9.52 Å². The molecule has 0 unspecified atom stereocenters. The lowest BCUT2D eigenvalue weighted by Gasteiger charge is -2.16. The van der Waals surface area contributed by atoms with Crippen LogP contribution >= 0.6 is 0 Å². The van der Waals surface area contributed by atoms with Crippen LogP contribution in [0.25, 0.3) is 11.0 Å². The summed E-state index contributed by atoms with van der Waals surface area (Å²) in [5, 5.41) is 9.56. The first-order valence-corrected chi connectivity index (χ1v) is 5.93. The Morgan fingerprint density at radius 3 is 2.45 bits per heavy atom. The number of aliphatic carboxylic acids is 1. The van der Waals surface area contributed by atoms with Gasteiger partial charge >= 0.3 is 12.1 Å². The molecule has 0 atom stereocenters. The number of rotatable bonds is 3. The van der Waals surface area contributed by atoms with Crippen LogP contribution in [-0.4, -0.2) is 11.1 Å². The third-order valence-electron chi connectivity index (χ3n) is 3.09. The molecule has 1 heterocycles. The third-order valence-corrected chi connectivity index (χ3v) is 3.09. The van der Waals surface area contributed by atoms with Gasteiger partial charge in [0.15, 0.2) is 0 Å². The van der Waals surface area contributed by atoms with Crippen LogP contribution in [0.1, 0.15) is 25.2 Å². The minimum Gasteiger partial charge on any atom is -0.481 e. The standard InChI is InChI=1S/C14H13F3O3/c1-13(2,12(18)19)7-10-5-8-3-4-9(14(15,16)17)6-11(8)20-10/h3-6H,7H2,1-2H3,(H,18,19). The molecule has 2 aromatic rings. The highest BCUT2D eigenvalue weighted by Crippen LogP contribution is 2.33. The maximum Gasteiger partial charge on any atom is 0.416 e. The molecule has 1 aromatic carbocycles. The van der Waals surface area contributed by atoms with Crippen molar-refractivity contribution in [3.63, 3.8) is 0 Å². The molecule has 0 aliphatic heterocycles. The number of carboxylic acid groups (broad SMARTS) is 1. The van der Waals surface area contributed by atoms with E-state index in [1.54, 1.807) is 6.07 Å².